The number of fused-ring (bicyclic) bond motifs is 3. The molecule has 192 valence electrons. The third-order valence-corrected chi connectivity index (χ3v) is 8.47. The third-order valence-electron chi connectivity index (χ3n) is 7.31. The van der Waals surface area contributed by atoms with Gasteiger partial charge in [-0.1, -0.05) is 6.07 Å². The number of pyridine rings is 1. The van der Waals surface area contributed by atoms with E-state index in [-0.39, 0.29) is 47.1 Å². The van der Waals surface area contributed by atoms with Crippen LogP contribution in [0.4, 0.5) is 5.82 Å². The lowest BCUT2D eigenvalue weighted by Gasteiger charge is -2.38. The van der Waals surface area contributed by atoms with Crippen molar-refractivity contribution in [2.24, 2.45) is 0 Å². The standard InChI is InChI=1S/C23H25N9O4S/c1-37(35,36)19-18(13-6-15-4-5-16(7-13)31(15)23(34)21-26-11-27-30-21)29-22-17(9-28-32(22)20(19)24)12-2-3-14(10-33)25-8-12/h2-3,8-9,11,13,15-16,33H,4-7,10,24H2,1H3,(H,26,27,30)/t13-,15-,16+. The highest BCUT2D eigenvalue weighted by molar-refractivity contribution is 7.91. The van der Waals surface area contributed by atoms with Crippen LogP contribution in [-0.2, 0) is 16.4 Å². The van der Waals surface area contributed by atoms with Crippen LogP contribution < -0.4 is 5.73 Å². The van der Waals surface area contributed by atoms with Gasteiger partial charge in [0.15, 0.2) is 15.5 Å². The zero-order chi connectivity index (χ0) is 25.9. The fraction of sp³-hybridized carbons (Fsp3) is 0.391. The molecule has 4 aromatic rings. The van der Waals surface area contributed by atoms with E-state index in [1.165, 1.54) is 10.8 Å². The predicted molar refractivity (Wildman–Crippen MR) is 131 cm³/mol. The van der Waals surface area contributed by atoms with Gasteiger partial charge < -0.3 is 20.7 Å². The Kier molecular flexibility index (Phi) is 5.45. The average Bonchev–Trinajstić information content (AvgIpc) is 3.61. The van der Waals surface area contributed by atoms with Gasteiger partial charge in [-0.15, -0.1) is 10.2 Å². The SMILES string of the molecule is CS(=O)(=O)c1c([C@@H]2C[C@H]3CC[C@@H](C2)N3C(=O)c2nnc[nH]2)nc2c(-c3ccc(CO)nc3)cnn2c1N. The first-order chi connectivity index (χ1) is 17.8. The molecule has 3 atom stereocenters. The van der Waals surface area contributed by atoms with Crippen molar-refractivity contribution in [2.75, 3.05) is 12.0 Å². The van der Waals surface area contributed by atoms with Crippen LogP contribution in [0.25, 0.3) is 16.8 Å². The van der Waals surface area contributed by atoms with Gasteiger partial charge in [0.1, 0.15) is 17.0 Å². The van der Waals surface area contributed by atoms with Gasteiger partial charge >= 0.3 is 0 Å². The maximum absolute atomic E-state index is 13.1. The maximum Gasteiger partial charge on any atom is 0.292 e. The molecule has 13 nitrogen and oxygen atoms in total. The molecule has 2 saturated heterocycles. The molecule has 6 rings (SSSR count). The molecule has 0 unspecified atom stereocenters. The lowest BCUT2D eigenvalue weighted by Crippen LogP contribution is -2.46. The van der Waals surface area contributed by atoms with Gasteiger partial charge in [0.2, 0.25) is 5.82 Å². The van der Waals surface area contributed by atoms with E-state index in [0.29, 0.717) is 41.0 Å². The van der Waals surface area contributed by atoms with Crippen molar-refractivity contribution in [1.29, 1.82) is 0 Å². The van der Waals surface area contributed by atoms with Gasteiger partial charge in [-0.2, -0.15) is 9.61 Å². The minimum atomic E-state index is -3.74. The Balaban J connectivity index is 1.43. The molecule has 4 aromatic heterocycles. The maximum atomic E-state index is 13.1. The fourth-order valence-electron chi connectivity index (χ4n) is 5.72. The molecule has 1 amide bonds. The Morgan fingerprint density at radius 3 is 2.57 bits per heavy atom. The van der Waals surface area contributed by atoms with E-state index in [9.17, 15) is 18.3 Å². The zero-order valence-corrected chi connectivity index (χ0v) is 20.8. The summed E-state index contributed by atoms with van der Waals surface area (Å²) < 4.78 is 27.2. The highest BCUT2D eigenvalue weighted by atomic mass is 32.2. The molecule has 0 aromatic carbocycles. The molecule has 14 heteroatoms. The number of nitrogens with zero attached hydrogens (tertiary/aromatic N) is 7. The number of nitrogens with two attached hydrogens (primary N) is 1. The number of aromatic amines is 1. The molecule has 6 heterocycles. The van der Waals surface area contributed by atoms with Gasteiger partial charge in [0, 0.05) is 41.6 Å². The van der Waals surface area contributed by atoms with Gasteiger partial charge in [0.05, 0.1) is 24.2 Å². The van der Waals surface area contributed by atoms with Gasteiger partial charge in [-0.05, 0) is 31.7 Å². The van der Waals surface area contributed by atoms with Crippen LogP contribution in [0.2, 0.25) is 0 Å². The van der Waals surface area contributed by atoms with Gasteiger partial charge in [0.25, 0.3) is 5.91 Å². The summed E-state index contributed by atoms with van der Waals surface area (Å²) in [6.07, 6.45) is 8.41. The Hall–Kier alpha value is -3.91. The van der Waals surface area contributed by atoms with Gasteiger partial charge in [-0.3, -0.25) is 9.78 Å². The molecule has 2 aliphatic rings. The number of anilines is 1. The van der Waals surface area contributed by atoms with E-state index in [2.05, 4.69) is 25.3 Å². The normalized spacial score (nSPS) is 21.6. The Morgan fingerprint density at radius 1 is 1.22 bits per heavy atom. The number of carbonyl (C=O) groups is 1. The first kappa shape index (κ1) is 23.5. The number of piperidine rings is 1. The molecule has 2 bridgehead atoms. The zero-order valence-electron chi connectivity index (χ0n) is 19.9. The molecule has 0 radical (unpaired) electrons. The summed E-state index contributed by atoms with van der Waals surface area (Å²) in [4.78, 5) is 26.7. The van der Waals surface area contributed by atoms with E-state index in [1.54, 1.807) is 24.5 Å². The largest absolute Gasteiger partial charge is 0.390 e. The summed E-state index contributed by atoms with van der Waals surface area (Å²) in [5.41, 5.74) is 9.13. The second-order valence-corrected chi connectivity index (χ2v) is 11.5. The summed E-state index contributed by atoms with van der Waals surface area (Å²) in [6.45, 7) is -0.178. The van der Waals surface area contributed by atoms with E-state index in [1.807, 2.05) is 4.90 Å². The molecular weight excluding hydrogens is 498 g/mol. The number of amides is 1. The number of rotatable bonds is 5. The van der Waals surface area contributed by atoms with Crippen molar-refractivity contribution in [3.05, 3.63) is 48.1 Å². The van der Waals surface area contributed by atoms with Crippen molar-refractivity contribution < 1.29 is 18.3 Å². The van der Waals surface area contributed by atoms with Gasteiger partial charge in [-0.25, -0.2) is 13.4 Å². The highest BCUT2D eigenvalue weighted by Gasteiger charge is 2.46. The number of nitrogen functional groups attached to an aromatic ring is 1. The van der Waals surface area contributed by atoms with Crippen LogP contribution in [0, 0.1) is 0 Å². The van der Waals surface area contributed by atoms with Crippen LogP contribution in [-0.4, -0.2) is 77.4 Å². The van der Waals surface area contributed by atoms with Crippen LogP contribution >= 0.6 is 0 Å². The molecule has 0 spiro atoms. The van der Waals surface area contributed by atoms with Crippen molar-refractivity contribution in [1.82, 2.24) is 39.7 Å². The van der Waals surface area contributed by atoms with Crippen LogP contribution in [0.5, 0.6) is 0 Å². The van der Waals surface area contributed by atoms with E-state index in [0.717, 1.165) is 19.1 Å². The number of hydrogen-bond donors (Lipinski definition) is 3. The number of aliphatic hydroxyl groups excluding tert-OH is 1. The monoisotopic (exact) mass is 523 g/mol. The topological polar surface area (TPSA) is 185 Å². The summed E-state index contributed by atoms with van der Waals surface area (Å²) in [5, 5.41) is 21.2. The number of carbonyl (C=O) groups excluding carboxylic acids is 1. The number of H-pyrrole nitrogens is 1. The van der Waals surface area contributed by atoms with Crippen LogP contribution in [0.15, 0.2) is 35.7 Å². The fourth-order valence-corrected chi connectivity index (χ4v) is 6.78. The van der Waals surface area contributed by atoms with E-state index >= 15 is 0 Å². The molecule has 2 fully saturated rings. The van der Waals surface area contributed by atoms with Crippen LogP contribution in [0.3, 0.4) is 0 Å². The lowest BCUT2D eigenvalue weighted by atomic mass is 9.87. The Morgan fingerprint density at radius 2 is 1.97 bits per heavy atom. The highest BCUT2D eigenvalue weighted by Crippen LogP contribution is 2.45. The van der Waals surface area contributed by atoms with E-state index < -0.39 is 9.84 Å². The molecular formula is C23H25N9O4S. The number of hydrogen-bond acceptors (Lipinski definition) is 10. The third kappa shape index (κ3) is 3.83. The predicted octanol–water partition coefficient (Wildman–Crippen LogP) is 0.938. The second kappa shape index (κ2) is 8.59. The summed E-state index contributed by atoms with van der Waals surface area (Å²) in [6, 6.07) is 3.35. The second-order valence-electron chi connectivity index (χ2n) is 9.58. The number of aromatic nitrogens is 7. The summed E-state index contributed by atoms with van der Waals surface area (Å²) in [7, 11) is -3.74. The van der Waals surface area contributed by atoms with Crippen LogP contribution in [0.1, 0.15) is 53.6 Å². The van der Waals surface area contributed by atoms with Crippen molar-refractivity contribution in [2.45, 2.75) is 55.2 Å². The van der Waals surface area contributed by atoms with E-state index in [4.69, 9.17) is 10.7 Å². The summed E-state index contributed by atoms with van der Waals surface area (Å²) in [5.74, 6) is -0.223. The minimum Gasteiger partial charge on any atom is -0.390 e. The number of nitrogens with one attached hydrogen (secondary N) is 1. The number of sulfone groups is 1. The van der Waals surface area contributed by atoms with Crippen molar-refractivity contribution in [3.63, 3.8) is 0 Å². The molecule has 0 saturated carbocycles. The van der Waals surface area contributed by atoms with Crippen molar-refractivity contribution in [3.8, 4) is 11.1 Å². The summed E-state index contributed by atoms with van der Waals surface area (Å²) >= 11 is 0. The minimum absolute atomic E-state index is 0.00111. The molecule has 4 N–H and O–H groups in total. The average molecular weight is 524 g/mol. The first-order valence-electron chi connectivity index (χ1n) is 11.9. The molecule has 0 aliphatic carbocycles. The molecule has 2 aliphatic heterocycles. The number of aliphatic hydroxyl groups is 1. The first-order valence-corrected chi connectivity index (χ1v) is 13.8. The lowest BCUT2D eigenvalue weighted by molar-refractivity contribution is 0.0556. The van der Waals surface area contributed by atoms with Crippen molar-refractivity contribution >= 4 is 27.2 Å². The Bertz CT molecular complexity index is 1590. The smallest absolute Gasteiger partial charge is 0.292 e. The quantitative estimate of drug-likeness (QED) is 0.340. The molecule has 37 heavy (non-hydrogen) atoms. The Labute approximate surface area is 211 Å².